The predicted octanol–water partition coefficient (Wildman–Crippen LogP) is 0.494. The van der Waals surface area contributed by atoms with Crippen molar-refractivity contribution in [2.45, 2.75) is 50.4 Å². The van der Waals surface area contributed by atoms with Gasteiger partial charge in [0.25, 0.3) is 0 Å². The Morgan fingerprint density at radius 2 is 1.71 bits per heavy atom. The third-order valence-electron chi connectivity index (χ3n) is 5.56. The van der Waals surface area contributed by atoms with E-state index in [1.807, 2.05) is 19.1 Å². The van der Waals surface area contributed by atoms with Gasteiger partial charge in [0.1, 0.15) is 0 Å². The average molecular weight is 240 g/mol. The van der Waals surface area contributed by atoms with Crippen LogP contribution in [0.3, 0.4) is 0 Å². The smallest absolute Gasteiger partial charge is 0.0909 e. The Kier molecular flexibility index (Phi) is 3.42. The van der Waals surface area contributed by atoms with Crippen LogP contribution in [-0.4, -0.2) is 45.6 Å². The van der Waals surface area contributed by atoms with E-state index in [9.17, 15) is 0 Å². The van der Waals surface area contributed by atoms with Crippen molar-refractivity contribution < 1.29 is 14.4 Å². The maximum atomic E-state index is 5.66. The quantitative estimate of drug-likeness (QED) is 0.759. The Balaban J connectivity index is 1.74. The van der Waals surface area contributed by atoms with Crippen LogP contribution < -0.4 is 4.90 Å². The van der Waals surface area contributed by atoms with Gasteiger partial charge >= 0.3 is 0 Å². The van der Waals surface area contributed by atoms with Gasteiger partial charge < -0.3 is 14.4 Å². The number of ether oxygens (including phenoxy) is 2. The van der Waals surface area contributed by atoms with E-state index < -0.39 is 0 Å². The molecule has 1 saturated carbocycles. The Hall–Kier alpha value is -0.120. The number of methoxy groups -OCH3 is 2. The SMILES string of the molecule is COC1CC2CC[NH+]3CCCC3C2CC1OC. The summed E-state index contributed by atoms with van der Waals surface area (Å²) in [6.45, 7) is 2.82. The molecular formula is C14H26NO2+. The van der Waals surface area contributed by atoms with Crippen LogP contribution in [0, 0.1) is 11.8 Å². The van der Waals surface area contributed by atoms with E-state index in [2.05, 4.69) is 0 Å². The van der Waals surface area contributed by atoms with Crippen LogP contribution in [-0.2, 0) is 9.47 Å². The molecule has 3 fully saturated rings. The fourth-order valence-electron chi connectivity index (χ4n) is 4.69. The molecule has 3 aliphatic rings. The van der Waals surface area contributed by atoms with E-state index in [0.29, 0.717) is 12.2 Å². The van der Waals surface area contributed by atoms with Crippen molar-refractivity contribution in [2.75, 3.05) is 27.3 Å². The van der Waals surface area contributed by atoms with Crippen molar-refractivity contribution in [3.8, 4) is 0 Å². The van der Waals surface area contributed by atoms with Gasteiger partial charge in [-0.2, -0.15) is 0 Å². The van der Waals surface area contributed by atoms with E-state index in [0.717, 1.165) is 17.9 Å². The molecule has 0 aromatic carbocycles. The van der Waals surface area contributed by atoms with Crippen LogP contribution in [0.1, 0.15) is 32.1 Å². The molecule has 1 aliphatic carbocycles. The molecule has 6 atom stereocenters. The largest absolute Gasteiger partial charge is 0.379 e. The molecule has 3 nitrogen and oxygen atoms in total. The van der Waals surface area contributed by atoms with E-state index in [4.69, 9.17) is 9.47 Å². The van der Waals surface area contributed by atoms with Crippen molar-refractivity contribution in [2.24, 2.45) is 11.8 Å². The Bertz CT molecular complexity index is 271. The van der Waals surface area contributed by atoms with E-state index >= 15 is 0 Å². The first kappa shape index (κ1) is 11.9. The summed E-state index contributed by atoms with van der Waals surface area (Å²) in [5.74, 6) is 1.80. The lowest BCUT2D eigenvalue weighted by atomic mass is 9.69. The summed E-state index contributed by atoms with van der Waals surface area (Å²) >= 11 is 0. The highest BCUT2D eigenvalue weighted by Crippen LogP contribution is 2.39. The molecule has 2 saturated heterocycles. The summed E-state index contributed by atoms with van der Waals surface area (Å²) in [6.07, 6.45) is 7.42. The van der Waals surface area contributed by atoms with E-state index in [1.54, 1.807) is 0 Å². The molecule has 17 heavy (non-hydrogen) atoms. The van der Waals surface area contributed by atoms with Crippen molar-refractivity contribution in [3.05, 3.63) is 0 Å². The number of piperidine rings is 1. The first-order valence-electron chi connectivity index (χ1n) is 7.23. The van der Waals surface area contributed by atoms with Crippen LogP contribution in [0.4, 0.5) is 0 Å². The third kappa shape index (κ3) is 2.02. The van der Waals surface area contributed by atoms with Crippen LogP contribution >= 0.6 is 0 Å². The lowest BCUT2D eigenvalue weighted by molar-refractivity contribution is -0.923. The Morgan fingerprint density at radius 1 is 0.941 bits per heavy atom. The Morgan fingerprint density at radius 3 is 2.47 bits per heavy atom. The topological polar surface area (TPSA) is 22.9 Å². The van der Waals surface area contributed by atoms with E-state index in [1.165, 1.54) is 45.2 Å². The van der Waals surface area contributed by atoms with E-state index in [-0.39, 0.29) is 0 Å². The molecule has 3 heteroatoms. The summed E-state index contributed by atoms with van der Waals surface area (Å²) in [5.41, 5.74) is 0. The highest BCUT2D eigenvalue weighted by atomic mass is 16.5. The molecule has 0 radical (unpaired) electrons. The summed E-state index contributed by atoms with van der Waals surface area (Å²) in [6, 6.07) is 0.934. The minimum Gasteiger partial charge on any atom is -0.379 e. The zero-order valence-electron chi connectivity index (χ0n) is 11.2. The van der Waals surface area contributed by atoms with Gasteiger partial charge in [-0.25, -0.2) is 0 Å². The molecule has 3 rings (SSSR count). The van der Waals surface area contributed by atoms with Crippen molar-refractivity contribution in [1.82, 2.24) is 0 Å². The second-order valence-corrected chi connectivity index (χ2v) is 6.14. The van der Waals surface area contributed by atoms with Crippen LogP contribution in [0.15, 0.2) is 0 Å². The number of hydrogen-bond acceptors (Lipinski definition) is 2. The molecule has 0 aromatic heterocycles. The highest BCUT2D eigenvalue weighted by Gasteiger charge is 2.48. The molecule has 98 valence electrons. The number of rotatable bonds is 2. The highest BCUT2D eigenvalue weighted by molar-refractivity contribution is 4.92. The second-order valence-electron chi connectivity index (χ2n) is 6.14. The van der Waals surface area contributed by atoms with Crippen LogP contribution in [0.5, 0.6) is 0 Å². The standard InChI is InChI=1S/C14H25NO2/c1-16-13-8-10-5-7-15-6-3-4-12(15)11(10)9-14(13)17-2/h10-14H,3-9H2,1-2H3/p+1. The predicted molar refractivity (Wildman–Crippen MR) is 66.1 cm³/mol. The monoisotopic (exact) mass is 240 g/mol. The first-order valence-corrected chi connectivity index (χ1v) is 7.23. The second kappa shape index (κ2) is 4.87. The molecule has 6 unspecified atom stereocenters. The van der Waals surface area contributed by atoms with Crippen molar-refractivity contribution in [3.63, 3.8) is 0 Å². The molecule has 1 N–H and O–H groups in total. The van der Waals surface area contributed by atoms with Gasteiger partial charge in [0.2, 0.25) is 0 Å². The normalized spacial score (nSPS) is 49.8. The van der Waals surface area contributed by atoms with Gasteiger partial charge in [-0.3, -0.25) is 0 Å². The molecule has 0 spiro atoms. The lowest BCUT2D eigenvalue weighted by Gasteiger charge is -2.46. The number of hydrogen-bond donors (Lipinski definition) is 1. The summed E-state index contributed by atoms with van der Waals surface area (Å²) in [7, 11) is 3.69. The van der Waals surface area contributed by atoms with Gasteiger partial charge in [0.15, 0.2) is 0 Å². The van der Waals surface area contributed by atoms with Gasteiger partial charge in [-0.15, -0.1) is 0 Å². The van der Waals surface area contributed by atoms with Gasteiger partial charge in [0, 0.05) is 33.0 Å². The lowest BCUT2D eigenvalue weighted by Crippen LogP contribution is -3.15. The fraction of sp³-hybridized carbons (Fsp3) is 1.00. The molecule has 0 amide bonds. The molecule has 0 bridgehead atoms. The zero-order valence-corrected chi connectivity index (χ0v) is 11.2. The summed E-state index contributed by atoms with van der Waals surface area (Å²) in [4.78, 5) is 1.89. The minimum absolute atomic E-state index is 0.334. The fourth-order valence-corrected chi connectivity index (χ4v) is 4.69. The van der Waals surface area contributed by atoms with Crippen molar-refractivity contribution >= 4 is 0 Å². The molecule has 2 heterocycles. The van der Waals surface area contributed by atoms with Gasteiger partial charge in [-0.05, 0) is 25.2 Å². The number of fused-ring (bicyclic) bond motifs is 3. The van der Waals surface area contributed by atoms with Gasteiger partial charge in [0.05, 0.1) is 31.3 Å². The zero-order chi connectivity index (χ0) is 11.8. The Labute approximate surface area is 104 Å². The first-order chi connectivity index (χ1) is 8.33. The minimum atomic E-state index is 0.334. The van der Waals surface area contributed by atoms with Crippen molar-refractivity contribution in [1.29, 1.82) is 0 Å². The molecule has 2 aliphatic heterocycles. The maximum absolute atomic E-state index is 5.66. The van der Waals surface area contributed by atoms with Crippen LogP contribution in [0.2, 0.25) is 0 Å². The molecular weight excluding hydrogens is 214 g/mol. The van der Waals surface area contributed by atoms with Crippen LogP contribution in [0.25, 0.3) is 0 Å². The third-order valence-corrected chi connectivity index (χ3v) is 5.56. The maximum Gasteiger partial charge on any atom is 0.0909 e. The van der Waals surface area contributed by atoms with Gasteiger partial charge in [-0.1, -0.05) is 0 Å². The molecule has 0 aromatic rings. The number of nitrogens with one attached hydrogen (secondary N) is 1. The number of quaternary nitrogens is 1. The summed E-state index contributed by atoms with van der Waals surface area (Å²) < 4.78 is 11.3. The average Bonchev–Trinajstić information content (AvgIpc) is 2.85. The summed E-state index contributed by atoms with van der Waals surface area (Å²) in [5, 5.41) is 0.